The molecule has 8 heteroatoms. The van der Waals surface area contributed by atoms with E-state index in [-0.39, 0.29) is 30.9 Å². The monoisotopic (exact) mass is 537 g/mol. The normalized spacial score (nSPS) is 28.8. The Morgan fingerprint density at radius 3 is 2.44 bits per heavy atom. The lowest BCUT2D eigenvalue weighted by atomic mass is 9.66. The van der Waals surface area contributed by atoms with Crippen LogP contribution in [-0.2, 0) is 25.7 Å². The fraction of sp³-hybridized carbons (Fsp3) is 0.581. The highest BCUT2D eigenvalue weighted by Gasteiger charge is 2.78. The molecular formula is C31H43N3O5. The second kappa shape index (κ2) is 12.0. The van der Waals surface area contributed by atoms with E-state index in [1.807, 2.05) is 37.3 Å². The van der Waals surface area contributed by atoms with Crippen molar-refractivity contribution in [3.05, 3.63) is 61.2 Å². The van der Waals surface area contributed by atoms with E-state index in [9.17, 15) is 19.5 Å². The van der Waals surface area contributed by atoms with Crippen molar-refractivity contribution >= 4 is 17.7 Å². The highest BCUT2D eigenvalue weighted by atomic mass is 16.5. The van der Waals surface area contributed by atoms with Crippen molar-refractivity contribution in [2.24, 2.45) is 11.8 Å². The van der Waals surface area contributed by atoms with Gasteiger partial charge in [0.05, 0.1) is 17.4 Å². The van der Waals surface area contributed by atoms with Gasteiger partial charge in [-0.3, -0.25) is 14.4 Å². The lowest BCUT2D eigenvalue weighted by Gasteiger charge is -2.37. The molecule has 0 radical (unpaired) electrons. The van der Waals surface area contributed by atoms with E-state index in [2.05, 4.69) is 20.1 Å². The van der Waals surface area contributed by atoms with Gasteiger partial charge in [0.2, 0.25) is 17.7 Å². The van der Waals surface area contributed by atoms with Crippen LogP contribution in [0.2, 0.25) is 0 Å². The number of carbonyl (C=O) groups excluding carboxylic acids is 3. The number of aliphatic hydroxyl groups is 1. The molecule has 1 N–H and O–H groups in total. The molecule has 3 amide bonds. The number of fused-ring (bicyclic) bond motifs is 1. The van der Waals surface area contributed by atoms with E-state index < -0.39 is 29.1 Å². The van der Waals surface area contributed by atoms with Gasteiger partial charge in [0.15, 0.2) is 0 Å². The Bertz CT molecular complexity index is 1080. The predicted molar refractivity (Wildman–Crippen MR) is 149 cm³/mol. The first-order valence-corrected chi connectivity index (χ1v) is 14.2. The zero-order chi connectivity index (χ0) is 28.2. The molecule has 1 aromatic rings. The van der Waals surface area contributed by atoms with Gasteiger partial charge >= 0.3 is 0 Å². The first-order valence-electron chi connectivity index (χ1n) is 14.2. The maximum Gasteiger partial charge on any atom is 0.248 e. The maximum absolute atomic E-state index is 14.3. The summed E-state index contributed by atoms with van der Waals surface area (Å²) in [7, 11) is 0. The standard InChI is InChI=1S/C31H43N3O5/c1-5-8-19-32(17-6-2)29(38)26-31-16-15-30(4,39-31)24(25(31)28(37)34(26)20-12-21-35)27(36)33(18-7-3)22-23-13-10-9-11-14-23/h6-7,9-11,13-14,24-26,35H,2-3,5,8,12,15-22H2,1,4H3/t24-,25-,26?,30+,31?/m0/s1. The van der Waals surface area contributed by atoms with Gasteiger partial charge in [0, 0.05) is 39.3 Å². The molecule has 2 unspecified atom stereocenters. The number of likely N-dealkylation sites (tertiary alicyclic amines) is 1. The van der Waals surface area contributed by atoms with Crippen LogP contribution in [0.3, 0.4) is 0 Å². The van der Waals surface area contributed by atoms with Crippen LogP contribution >= 0.6 is 0 Å². The first kappa shape index (κ1) is 29.0. The van der Waals surface area contributed by atoms with Crippen LogP contribution in [0, 0.1) is 11.8 Å². The van der Waals surface area contributed by atoms with E-state index in [0.29, 0.717) is 45.4 Å². The fourth-order valence-corrected chi connectivity index (χ4v) is 6.92. The third-order valence-corrected chi connectivity index (χ3v) is 8.65. The van der Waals surface area contributed by atoms with Crippen molar-refractivity contribution in [3.8, 4) is 0 Å². The third-order valence-electron chi connectivity index (χ3n) is 8.65. The topological polar surface area (TPSA) is 90.4 Å². The van der Waals surface area contributed by atoms with Crippen LogP contribution in [0.25, 0.3) is 0 Å². The molecule has 3 heterocycles. The number of hydrogen-bond donors (Lipinski definition) is 1. The van der Waals surface area contributed by atoms with Gasteiger partial charge in [-0.15, -0.1) is 13.2 Å². The average Bonchev–Trinajstić information content (AvgIpc) is 3.50. The van der Waals surface area contributed by atoms with E-state index in [1.54, 1.807) is 26.9 Å². The number of carbonyl (C=O) groups is 3. The lowest BCUT2D eigenvalue weighted by molar-refractivity contribution is -0.153. The Labute approximate surface area is 232 Å². The van der Waals surface area contributed by atoms with Crippen LogP contribution in [-0.4, -0.2) is 87.6 Å². The van der Waals surface area contributed by atoms with Crippen molar-refractivity contribution in [2.75, 3.05) is 32.8 Å². The quantitative estimate of drug-likeness (QED) is 0.368. The molecule has 0 aromatic heterocycles. The number of unbranched alkanes of at least 4 members (excludes halogenated alkanes) is 1. The third kappa shape index (κ3) is 5.16. The van der Waals surface area contributed by atoms with Gasteiger partial charge in [0.25, 0.3) is 0 Å². The summed E-state index contributed by atoms with van der Waals surface area (Å²) >= 11 is 0. The summed E-state index contributed by atoms with van der Waals surface area (Å²) in [5, 5.41) is 9.59. The van der Waals surface area contributed by atoms with E-state index >= 15 is 0 Å². The van der Waals surface area contributed by atoms with E-state index in [4.69, 9.17) is 4.74 Å². The van der Waals surface area contributed by atoms with Crippen molar-refractivity contribution < 1.29 is 24.2 Å². The molecule has 3 fully saturated rings. The Hall–Kier alpha value is -2.97. The van der Waals surface area contributed by atoms with Gasteiger partial charge in [-0.05, 0) is 38.2 Å². The van der Waals surface area contributed by atoms with Crippen molar-refractivity contribution in [3.63, 3.8) is 0 Å². The summed E-state index contributed by atoms with van der Waals surface area (Å²) in [6.45, 7) is 13.5. The largest absolute Gasteiger partial charge is 0.396 e. The molecule has 2 bridgehead atoms. The van der Waals surface area contributed by atoms with Crippen LogP contribution in [0.4, 0.5) is 0 Å². The zero-order valence-corrected chi connectivity index (χ0v) is 23.4. The van der Waals surface area contributed by atoms with E-state index in [0.717, 1.165) is 18.4 Å². The summed E-state index contributed by atoms with van der Waals surface area (Å²) in [6.07, 6.45) is 6.64. The molecule has 212 valence electrons. The second-order valence-corrected chi connectivity index (χ2v) is 11.3. The molecule has 4 rings (SSSR count). The molecule has 39 heavy (non-hydrogen) atoms. The predicted octanol–water partition coefficient (Wildman–Crippen LogP) is 3.16. The summed E-state index contributed by atoms with van der Waals surface area (Å²) in [4.78, 5) is 47.7. The Morgan fingerprint density at radius 2 is 1.79 bits per heavy atom. The molecule has 0 saturated carbocycles. The lowest BCUT2D eigenvalue weighted by Crippen LogP contribution is -2.56. The van der Waals surface area contributed by atoms with Crippen molar-refractivity contribution in [1.82, 2.24) is 14.7 Å². The number of amides is 3. The average molecular weight is 538 g/mol. The highest BCUT2D eigenvalue weighted by molar-refractivity contribution is 5.99. The van der Waals surface area contributed by atoms with Gasteiger partial charge in [-0.1, -0.05) is 55.8 Å². The Morgan fingerprint density at radius 1 is 1.10 bits per heavy atom. The molecule has 5 atom stereocenters. The molecule has 3 aliphatic rings. The summed E-state index contributed by atoms with van der Waals surface area (Å²) in [6, 6.07) is 8.92. The number of benzene rings is 1. The molecular weight excluding hydrogens is 494 g/mol. The second-order valence-electron chi connectivity index (χ2n) is 11.3. The molecule has 8 nitrogen and oxygen atoms in total. The summed E-state index contributed by atoms with van der Waals surface area (Å²) in [5.41, 5.74) is -0.929. The summed E-state index contributed by atoms with van der Waals surface area (Å²) in [5.74, 6) is -2.00. The van der Waals surface area contributed by atoms with Gasteiger partial charge < -0.3 is 24.5 Å². The molecule has 1 aromatic carbocycles. The minimum atomic E-state index is -1.07. The Balaban J connectivity index is 1.72. The first-order chi connectivity index (χ1) is 18.8. The highest BCUT2D eigenvalue weighted by Crippen LogP contribution is 2.63. The molecule has 3 aliphatic heterocycles. The minimum Gasteiger partial charge on any atom is -0.396 e. The van der Waals surface area contributed by atoms with Crippen LogP contribution in [0.5, 0.6) is 0 Å². The number of hydrogen-bond acceptors (Lipinski definition) is 5. The van der Waals surface area contributed by atoms with Crippen molar-refractivity contribution in [1.29, 1.82) is 0 Å². The van der Waals surface area contributed by atoms with Gasteiger partial charge in [-0.25, -0.2) is 0 Å². The zero-order valence-electron chi connectivity index (χ0n) is 23.4. The van der Waals surface area contributed by atoms with Crippen LogP contribution in [0.15, 0.2) is 55.6 Å². The van der Waals surface area contributed by atoms with Crippen molar-refractivity contribution in [2.45, 2.75) is 69.7 Å². The van der Waals surface area contributed by atoms with Crippen LogP contribution < -0.4 is 0 Å². The smallest absolute Gasteiger partial charge is 0.248 e. The number of rotatable bonds is 14. The maximum atomic E-state index is 14.3. The fourth-order valence-electron chi connectivity index (χ4n) is 6.92. The molecule has 0 aliphatic carbocycles. The van der Waals surface area contributed by atoms with Crippen LogP contribution in [0.1, 0.15) is 51.5 Å². The molecule has 1 spiro atoms. The number of nitrogens with zero attached hydrogens (tertiary/aromatic N) is 3. The van der Waals surface area contributed by atoms with Gasteiger partial charge in [0.1, 0.15) is 11.6 Å². The number of aliphatic hydroxyl groups excluding tert-OH is 1. The molecule has 3 saturated heterocycles. The van der Waals surface area contributed by atoms with E-state index in [1.165, 1.54) is 0 Å². The van der Waals surface area contributed by atoms with Gasteiger partial charge in [-0.2, -0.15) is 0 Å². The minimum absolute atomic E-state index is 0.0975. The summed E-state index contributed by atoms with van der Waals surface area (Å²) < 4.78 is 6.76. The number of ether oxygens (including phenoxy) is 1. The SMILES string of the molecule is C=CCN(CCCC)C(=O)C1N(CCCO)C(=O)[C@@H]2[C@@H](C(=O)N(CC=C)Cc3ccccc3)[C@@]3(C)CCC12O3. The Kier molecular flexibility index (Phi) is 8.96.